The van der Waals surface area contributed by atoms with E-state index in [4.69, 9.17) is 5.73 Å². The van der Waals surface area contributed by atoms with E-state index >= 15 is 0 Å². The molecule has 0 spiro atoms. The Balaban J connectivity index is 1.47. The van der Waals surface area contributed by atoms with E-state index in [1.54, 1.807) is 6.20 Å². The second kappa shape index (κ2) is 8.10. The average Bonchev–Trinajstić information content (AvgIpc) is 3.20. The number of anilines is 1. The molecule has 1 amide bonds. The number of hydrogen-bond acceptors (Lipinski definition) is 5. The van der Waals surface area contributed by atoms with Gasteiger partial charge in [-0.25, -0.2) is 4.98 Å². The summed E-state index contributed by atoms with van der Waals surface area (Å²) in [6.07, 6.45) is 4.67. The largest absolute Gasteiger partial charge is 0.375 e. The molecule has 4 rings (SSSR count). The second-order valence-corrected chi connectivity index (χ2v) is 8.11. The zero-order valence-corrected chi connectivity index (χ0v) is 16.6. The smallest absolute Gasteiger partial charge is 0.222 e. The third-order valence-electron chi connectivity index (χ3n) is 5.63. The van der Waals surface area contributed by atoms with Gasteiger partial charge in [-0.1, -0.05) is 36.4 Å². The Labute approximate surface area is 169 Å². The molecule has 1 saturated heterocycles. The third-order valence-corrected chi connectivity index (χ3v) is 6.30. The summed E-state index contributed by atoms with van der Waals surface area (Å²) >= 11 is 1.48. The number of rotatable bonds is 5. The van der Waals surface area contributed by atoms with E-state index < -0.39 is 0 Å². The average molecular weight is 393 g/mol. The van der Waals surface area contributed by atoms with Gasteiger partial charge in [-0.2, -0.15) is 0 Å². The van der Waals surface area contributed by atoms with Gasteiger partial charge in [-0.05, 0) is 37.0 Å². The van der Waals surface area contributed by atoms with Crippen LogP contribution in [0.3, 0.4) is 0 Å². The highest BCUT2D eigenvalue weighted by Crippen LogP contribution is 2.42. The van der Waals surface area contributed by atoms with E-state index in [1.807, 2.05) is 29.2 Å². The van der Waals surface area contributed by atoms with E-state index in [-0.39, 0.29) is 11.3 Å². The van der Waals surface area contributed by atoms with Gasteiger partial charge in [0.05, 0.1) is 5.69 Å². The molecule has 0 aliphatic carbocycles. The van der Waals surface area contributed by atoms with Crippen LogP contribution in [0, 0.1) is 0 Å². The number of thiazole rings is 1. The van der Waals surface area contributed by atoms with E-state index in [1.165, 1.54) is 16.9 Å². The first kappa shape index (κ1) is 18.6. The maximum absolute atomic E-state index is 12.7. The van der Waals surface area contributed by atoms with Crippen molar-refractivity contribution in [2.75, 3.05) is 18.8 Å². The summed E-state index contributed by atoms with van der Waals surface area (Å²) in [5.41, 5.74) is 9.00. The quantitative estimate of drug-likeness (QED) is 0.719. The molecule has 0 saturated carbocycles. The summed E-state index contributed by atoms with van der Waals surface area (Å²) in [6.45, 7) is 1.46. The summed E-state index contributed by atoms with van der Waals surface area (Å²) in [6, 6.07) is 16.3. The van der Waals surface area contributed by atoms with Gasteiger partial charge in [0.2, 0.25) is 5.91 Å². The van der Waals surface area contributed by atoms with E-state index in [0.717, 1.165) is 37.3 Å². The molecule has 1 aromatic carbocycles. The van der Waals surface area contributed by atoms with Gasteiger partial charge in [0.15, 0.2) is 5.13 Å². The number of aromatic nitrogens is 2. The minimum Gasteiger partial charge on any atom is -0.375 e. The molecule has 1 aliphatic rings. The van der Waals surface area contributed by atoms with Gasteiger partial charge < -0.3 is 10.6 Å². The number of amides is 1. The van der Waals surface area contributed by atoms with Gasteiger partial charge in [-0.15, -0.1) is 11.3 Å². The monoisotopic (exact) mass is 392 g/mol. The van der Waals surface area contributed by atoms with Crippen LogP contribution >= 0.6 is 11.3 Å². The van der Waals surface area contributed by atoms with Crippen molar-refractivity contribution in [2.24, 2.45) is 0 Å². The van der Waals surface area contributed by atoms with Crippen LogP contribution in [0.2, 0.25) is 0 Å². The molecule has 2 N–H and O–H groups in total. The molecule has 6 heteroatoms. The van der Waals surface area contributed by atoms with Crippen molar-refractivity contribution in [3.05, 3.63) is 77.1 Å². The molecule has 0 atom stereocenters. The molecule has 1 fully saturated rings. The molecular weight excluding hydrogens is 368 g/mol. The highest BCUT2D eigenvalue weighted by molar-refractivity contribution is 7.13. The zero-order valence-electron chi connectivity index (χ0n) is 15.8. The van der Waals surface area contributed by atoms with Crippen LogP contribution in [-0.2, 0) is 16.6 Å². The van der Waals surface area contributed by atoms with Crippen molar-refractivity contribution in [3.8, 4) is 0 Å². The summed E-state index contributed by atoms with van der Waals surface area (Å²) < 4.78 is 0. The van der Waals surface area contributed by atoms with Gasteiger partial charge in [0.25, 0.3) is 0 Å². The van der Waals surface area contributed by atoms with Crippen molar-refractivity contribution < 1.29 is 4.79 Å². The van der Waals surface area contributed by atoms with Crippen LogP contribution in [-0.4, -0.2) is 33.9 Å². The Morgan fingerprint density at radius 2 is 1.86 bits per heavy atom. The fourth-order valence-corrected chi connectivity index (χ4v) is 4.70. The number of piperidine rings is 1. The highest BCUT2D eigenvalue weighted by atomic mass is 32.1. The predicted molar refractivity (Wildman–Crippen MR) is 112 cm³/mol. The normalized spacial score (nSPS) is 16.1. The Morgan fingerprint density at radius 3 is 2.50 bits per heavy atom. The first-order valence-corrected chi connectivity index (χ1v) is 10.5. The van der Waals surface area contributed by atoms with Crippen LogP contribution in [0.5, 0.6) is 0 Å². The fourth-order valence-electron chi connectivity index (χ4n) is 4.03. The summed E-state index contributed by atoms with van der Waals surface area (Å²) in [5.74, 6) is 0.199. The molecule has 1 aliphatic heterocycles. The standard InChI is InChI=1S/C22H24N4OS/c23-21-25-19(16-28-21)22(17-6-2-1-3-7-17)11-14-26(15-12-22)20(27)10-9-18-8-4-5-13-24-18/h1-8,13,16H,9-12,14-15H2,(H2,23,25). The number of benzene rings is 1. The summed E-state index contributed by atoms with van der Waals surface area (Å²) in [7, 11) is 0. The van der Waals surface area contributed by atoms with Gasteiger partial charge in [0.1, 0.15) is 0 Å². The van der Waals surface area contributed by atoms with E-state index in [9.17, 15) is 4.79 Å². The lowest BCUT2D eigenvalue weighted by atomic mass is 9.70. The van der Waals surface area contributed by atoms with Crippen LogP contribution in [0.25, 0.3) is 0 Å². The maximum Gasteiger partial charge on any atom is 0.222 e. The topological polar surface area (TPSA) is 72.1 Å². The molecule has 144 valence electrons. The maximum atomic E-state index is 12.7. The molecule has 3 aromatic rings. The molecule has 2 aromatic heterocycles. The van der Waals surface area contributed by atoms with Crippen molar-refractivity contribution in [1.29, 1.82) is 0 Å². The number of nitrogen functional groups attached to an aromatic ring is 1. The summed E-state index contributed by atoms with van der Waals surface area (Å²) in [4.78, 5) is 23.6. The second-order valence-electron chi connectivity index (χ2n) is 7.22. The SMILES string of the molecule is Nc1nc(C2(c3ccccc3)CCN(C(=O)CCc3ccccn3)CC2)cs1. The Hall–Kier alpha value is -2.73. The molecular formula is C22H24N4OS. The number of carbonyl (C=O) groups excluding carboxylic acids is 1. The number of nitrogens with two attached hydrogens (primary N) is 1. The lowest BCUT2D eigenvalue weighted by molar-refractivity contribution is -0.132. The number of carbonyl (C=O) groups is 1. The molecule has 3 heterocycles. The van der Waals surface area contributed by atoms with Gasteiger partial charge >= 0.3 is 0 Å². The van der Waals surface area contributed by atoms with Crippen LogP contribution in [0.1, 0.15) is 36.2 Å². The van der Waals surface area contributed by atoms with Gasteiger partial charge in [0, 0.05) is 42.2 Å². The number of aryl methyl sites for hydroxylation is 1. The molecule has 0 bridgehead atoms. The molecule has 28 heavy (non-hydrogen) atoms. The Morgan fingerprint density at radius 1 is 1.11 bits per heavy atom. The first-order chi connectivity index (χ1) is 13.7. The van der Waals surface area contributed by atoms with Gasteiger partial charge in [-0.3, -0.25) is 9.78 Å². The highest BCUT2D eigenvalue weighted by Gasteiger charge is 2.40. The Bertz CT molecular complexity index is 918. The number of hydrogen-bond donors (Lipinski definition) is 1. The van der Waals surface area contributed by atoms with Crippen LogP contribution in [0.15, 0.2) is 60.1 Å². The summed E-state index contributed by atoms with van der Waals surface area (Å²) in [5, 5.41) is 2.67. The number of nitrogens with zero attached hydrogens (tertiary/aromatic N) is 3. The Kier molecular flexibility index (Phi) is 5.39. The molecule has 5 nitrogen and oxygen atoms in total. The van der Waals surface area contributed by atoms with Crippen LogP contribution < -0.4 is 5.73 Å². The molecule has 0 unspecified atom stereocenters. The third kappa shape index (κ3) is 3.78. The van der Waals surface area contributed by atoms with Crippen molar-refractivity contribution in [3.63, 3.8) is 0 Å². The first-order valence-electron chi connectivity index (χ1n) is 9.62. The minimum atomic E-state index is -0.173. The van der Waals surface area contributed by atoms with Crippen molar-refractivity contribution in [2.45, 2.75) is 31.1 Å². The van der Waals surface area contributed by atoms with Crippen LogP contribution in [0.4, 0.5) is 5.13 Å². The fraction of sp³-hybridized carbons (Fsp3) is 0.318. The number of pyridine rings is 1. The van der Waals surface area contributed by atoms with E-state index in [2.05, 4.69) is 39.6 Å². The van der Waals surface area contributed by atoms with Crippen molar-refractivity contribution in [1.82, 2.24) is 14.9 Å². The lowest BCUT2D eigenvalue weighted by Crippen LogP contribution is -2.46. The number of likely N-dealkylation sites (tertiary alicyclic amines) is 1. The van der Waals surface area contributed by atoms with Crippen molar-refractivity contribution >= 4 is 22.4 Å². The minimum absolute atomic E-state index is 0.173. The van der Waals surface area contributed by atoms with E-state index in [0.29, 0.717) is 18.0 Å². The zero-order chi connectivity index (χ0) is 19.4. The lowest BCUT2D eigenvalue weighted by Gasteiger charge is -2.41. The molecule has 0 radical (unpaired) electrons. The predicted octanol–water partition coefficient (Wildman–Crippen LogP) is 3.66.